The highest BCUT2D eigenvalue weighted by molar-refractivity contribution is 7.90. The maximum Gasteiger partial charge on any atom is 0.300 e. The highest BCUT2D eigenvalue weighted by Crippen LogP contribution is 2.35. The molecule has 0 bridgehead atoms. The molecule has 1 aromatic carbocycles. The summed E-state index contributed by atoms with van der Waals surface area (Å²) in [6.07, 6.45) is 0.759. The van der Waals surface area contributed by atoms with Gasteiger partial charge in [0.2, 0.25) is 6.41 Å². The lowest BCUT2D eigenvalue weighted by Gasteiger charge is -2.07. The third-order valence-corrected chi connectivity index (χ3v) is 3.20. The number of rotatable bonds is 5. The largest absolute Gasteiger partial charge is 0.322 e. The molecule has 0 saturated heterocycles. The Morgan fingerprint density at radius 2 is 1.79 bits per heavy atom. The maximum atomic E-state index is 11.5. The topological polar surface area (TPSA) is 150 Å². The molecular weight excluding hydrogens is 282 g/mol. The van der Waals surface area contributed by atoms with Crippen LogP contribution in [0.1, 0.15) is 0 Å². The van der Waals surface area contributed by atoms with Gasteiger partial charge in [-0.05, 0) is 0 Å². The van der Waals surface area contributed by atoms with E-state index < -0.39 is 41.6 Å². The fraction of sp³-hybridized carbons (Fsp3) is 0.125. The highest BCUT2D eigenvalue weighted by Gasteiger charge is 2.28. The normalized spacial score (nSPS) is 10.8. The number of hydrogen-bond acceptors (Lipinski definition) is 7. The van der Waals surface area contributed by atoms with Crippen LogP contribution in [0.25, 0.3) is 0 Å². The van der Waals surface area contributed by atoms with E-state index in [2.05, 4.69) is 0 Å². The number of anilines is 1. The molecule has 0 aliphatic heterocycles. The van der Waals surface area contributed by atoms with Gasteiger partial charge in [-0.3, -0.25) is 25.0 Å². The Balaban J connectivity index is 3.80. The van der Waals surface area contributed by atoms with E-state index in [1.165, 1.54) is 0 Å². The van der Waals surface area contributed by atoms with Crippen molar-refractivity contribution in [3.63, 3.8) is 0 Å². The van der Waals surface area contributed by atoms with Crippen LogP contribution in [-0.2, 0) is 14.6 Å². The molecule has 0 aliphatic rings. The molecule has 0 fully saturated rings. The van der Waals surface area contributed by atoms with Gasteiger partial charge in [-0.15, -0.1) is 0 Å². The van der Waals surface area contributed by atoms with Crippen LogP contribution in [0.2, 0.25) is 0 Å². The lowest BCUT2D eigenvalue weighted by atomic mass is 10.2. The maximum absolute atomic E-state index is 11.5. The van der Waals surface area contributed by atoms with E-state index in [9.17, 15) is 33.4 Å². The van der Waals surface area contributed by atoms with E-state index in [4.69, 9.17) is 0 Å². The van der Waals surface area contributed by atoms with Crippen LogP contribution < -0.4 is 5.32 Å². The zero-order valence-electron chi connectivity index (χ0n) is 9.39. The second-order valence-electron chi connectivity index (χ2n) is 3.39. The monoisotopic (exact) mass is 289 g/mol. The Labute approximate surface area is 106 Å². The minimum Gasteiger partial charge on any atom is -0.322 e. The molecule has 0 heterocycles. The van der Waals surface area contributed by atoms with Crippen molar-refractivity contribution in [1.29, 1.82) is 0 Å². The van der Waals surface area contributed by atoms with E-state index >= 15 is 0 Å². The Kier molecular flexibility index (Phi) is 3.80. The Morgan fingerprint density at radius 1 is 1.21 bits per heavy atom. The molecule has 1 amide bonds. The summed E-state index contributed by atoms with van der Waals surface area (Å²) in [7, 11) is -4.00. The third-order valence-electron chi connectivity index (χ3n) is 2.08. The second kappa shape index (κ2) is 4.97. The highest BCUT2D eigenvalue weighted by atomic mass is 32.2. The van der Waals surface area contributed by atoms with Crippen LogP contribution in [0.5, 0.6) is 0 Å². The molecule has 102 valence electrons. The number of sulfone groups is 1. The van der Waals surface area contributed by atoms with Crippen LogP contribution in [-0.4, -0.2) is 30.9 Å². The van der Waals surface area contributed by atoms with Gasteiger partial charge in [0, 0.05) is 12.3 Å². The summed E-state index contributed by atoms with van der Waals surface area (Å²) in [6.45, 7) is 0. The van der Waals surface area contributed by atoms with Crippen LogP contribution in [0.15, 0.2) is 17.0 Å². The lowest BCUT2D eigenvalue weighted by molar-refractivity contribution is -0.393. The smallest absolute Gasteiger partial charge is 0.300 e. The SMILES string of the molecule is CS(=O)(=O)c1cc([N+](=O)[O-])cc([N+](=O)[O-])c1NC=O. The molecule has 0 aliphatic carbocycles. The number of nitrogens with one attached hydrogen (secondary N) is 1. The summed E-state index contributed by atoms with van der Waals surface area (Å²) in [6, 6.07) is 1.22. The standard InChI is InChI=1S/C8H7N3O7S/c1-19(17,18)7-3-5(10(13)14)2-6(11(15)16)8(7)9-4-12/h2-4H,1H3,(H,9,12). The number of benzene rings is 1. The molecule has 1 rings (SSSR count). The van der Waals surface area contributed by atoms with E-state index in [1.807, 2.05) is 5.32 Å². The number of nitro groups is 2. The molecule has 1 N–H and O–H groups in total. The Bertz CT molecular complexity index is 667. The first-order valence-corrected chi connectivity index (χ1v) is 6.44. The van der Waals surface area contributed by atoms with Gasteiger partial charge in [-0.25, -0.2) is 8.42 Å². The molecule has 1 aromatic rings. The summed E-state index contributed by atoms with van der Waals surface area (Å²) in [4.78, 5) is 29.1. The molecule has 0 unspecified atom stereocenters. The zero-order chi connectivity index (χ0) is 14.8. The summed E-state index contributed by atoms with van der Waals surface area (Å²) >= 11 is 0. The van der Waals surface area contributed by atoms with Crippen LogP contribution in [0.3, 0.4) is 0 Å². The van der Waals surface area contributed by atoms with E-state index in [0.29, 0.717) is 18.4 Å². The minimum absolute atomic E-state index is 0.0445. The first-order chi connectivity index (χ1) is 8.68. The summed E-state index contributed by atoms with van der Waals surface area (Å²) < 4.78 is 23.0. The van der Waals surface area contributed by atoms with E-state index in [-0.39, 0.29) is 6.41 Å². The van der Waals surface area contributed by atoms with Crippen molar-refractivity contribution in [1.82, 2.24) is 0 Å². The number of hydrogen-bond donors (Lipinski definition) is 1. The van der Waals surface area contributed by atoms with Crippen molar-refractivity contribution in [3.8, 4) is 0 Å². The van der Waals surface area contributed by atoms with Gasteiger partial charge in [0.25, 0.3) is 5.69 Å². The van der Waals surface area contributed by atoms with Gasteiger partial charge >= 0.3 is 5.69 Å². The molecule has 0 atom stereocenters. The fourth-order valence-electron chi connectivity index (χ4n) is 1.33. The molecular formula is C8H7N3O7S. The number of carbonyl (C=O) groups excluding carboxylic acids is 1. The molecule has 0 spiro atoms. The summed E-state index contributed by atoms with van der Waals surface area (Å²) in [5.41, 5.74) is -2.24. The van der Waals surface area contributed by atoms with Gasteiger partial charge in [0.1, 0.15) is 10.6 Å². The second-order valence-corrected chi connectivity index (χ2v) is 5.37. The number of non-ortho nitro benzene ring substituents is 1. The van der Waals surface area contributed by atoms with Crippen molar-refractivity contribution >= 4 is 33.3 Å². The first kappa shape index (κ1) is 14.5. The molecule has 19 heavy (non-hydrogen) atoms. The van der Waals surface area contributed by atoms with Gasteiger partial charge in [-0.1, -0.05) is 0 Å². The molecule has 0 aromatic heterocycles. The van der Waals surface area contributed by atoms with Gasteiger partial charge < -0.3 is 5.32 Å². The minimum atomic E-state index is -4.00. The third kappa shape index (κ3) is 3.01. The predicted octanol–water partition coefficient (Wildman–Crippen LogP) is 0.475. The molecule has 0 radical (unpaired) electrons. The fourth-order valence-corrected chi connectivity index (χ4v) is 2.20. The lowest BCUT2D eigenvalue weighted by Crippen LogP contribution is -2.08. The van der Waals surface area contributed by atoms with Crippen molar-refractivity contribution < 1.29 is 23.1 Å². The Hall–Kier alpha value is -2.56. The summed E-state index contributed by atoms with van der Waals surface area (Å²) in [5.74, 6) is 0. The quantitative estimate of drug-likeness (QED) is 0.470. The van der Waals surface area contributed by atoms with Crippen LogP contribution in [0.4, 0.5) is 17.1 Å². The van der Waals surface area contributed by atoms with Crippen LogP contribution >= 0.6 is 0 Å². The van der Waals surface area contributed by atoms with Gasteiger partial charge in [0.15, 0.2) is 9.84 Å². The number of nitrogens with zero attached hydrogens (tertiary/aromatic N) is 2. The average molecular weight is 289 g/mol. The predicted molar refractivity (Wildman–Crippen MR) is 62.5 cm³/mol. The number of nitro benzene ring substituents is 2. The van der Waals surface area contributed by atoms with Crippen LogP contribution in [0, 0.1) is 20.2 Å². The number of amides is 1. The van der Waals surface area contributed by atoms with E-state index in [0.717, 1.165) is 0 Å². The van der Waals surface area contributed by atoms with Crippen molar-refractivity contribution in [2.24, 2.45) is 0 Å². The molecule has 11 heteroatoms. The van der Waals surface area contributed by atoms with Gasteiger partial charge in [-0.2, -0.15) is 0 Å². The van der Waals surface area contributed by atoms with E-state index in [1.54, 1.807) is 0 Å². The van der Waals surface area contributed by atoms with Crippen molar-refractivity contribution in [2.45, 2.75) is 4.90 Å². The summed E-state index contributed by atoms with van der Waals surface area (Å²) in [5, 5.41) is 23.3. The first-order valence-electron chi connectivity index (χ1n) is 4.55. The Morgan fingerprint density at radius 3 is 2.16 bits per heavy atom. The number of carbonyl (C=O) groups is 1. The van der Waals surface area contributed by atoms with Crippen molar-refractivity contribution in [2.75, 3.05) is 11.6 Å². The zero-order valence-corrected chi connectivity index (χ0v) is 10.2. The molecule has 10 nitrogen and oxygen atoms in total. The van der Waals surface area contributed by atoms with Gasteiger partial charge in [0.05, 0.1) is 15.9 Å². The van der Waals surface area contributed by atoms with Crippen molar-refractivity contribution in [3.05, 3.63) is 32.4 Å². The molecule has 0 saturated carbocycles. The average Bonchev–Trinajstić information content (AvgIpc) is 2.27.